The first-order valence-corrected chi connectivity index (χ1v) is 9.27. The van der Waals surface area contributed by atoms with Gasteiger partial charge in [-0.15, -0.1) is 0 Å². The minimum atomic E-state index is -0.770. The molecule has 7 nitrogen and oxygen atoms in total. The third kappa shape index (κ3) is 2.52. The van der Waals surface area contributed by atoms with E-state index >= 15 is 0 Å². The quantitative estimate of drug-likeness (QED) is 0.845. The molecule has 2 atom stereocenters. The van der Waals surface area contributed by atoms with Crippen molar-refractivity contribution in [2.75, 3.05) is 25.0 Å². The molecule has 1 aliphatic heterocycles. The van der Waals surface area contributed by atoms with Gasteiger partial charge in [0.25, 0.3) is 0 Å². The Balaban J connectivity index is 1.58. The van der Waals surface area contributed by atoms with Gasteiger partial charge >= 0.3 is 0 Å². The van der Waals surface area contributed by atoms with Crippen LogP contribution in [0.15, 0.2) is 24.7 Å². The van der Waals surface area contributed by atoms with Gasteiger partial charge in [0.2, 0.25) is 5.91 Å². The second-order valence-electron chi connectivity index (χ2n) is 7.66. The highest BCUT2D eigenvalue weighted by atomic mass is 16.2. The van der Waals surface area contributed by atoms with Crippen LogP contribution in [0.5, 0.6) is 0 Å². The molecule has 1 amide bonds. The van der Waals surface area contributed by atoms with E-state index in [2.05, 4.69) is 28.0 Å². The molecule has 1 saturated carbocycles. The third-order valence-electron chi connectivity index (χ3n) is 6.18. The van der Waals surface area contributed by atoms with Crippen molar-refractivity contribution >= 4 is 17.2 Å². The van der Waals surface area contributed by atoms with E-state index in [9.17, 15) is 10.1 Å². The zero-order chi connectivity index (χ0) is 18.3. The molecule has 3 heterocycles. The van der Waals surface area contributed by atoms with Gasteiger partial charge in [-0.25, -0.2) is 9.50 Å². The van der Waals surface area contributed by atoms with Crippen LogP contribution in [-0.4, -0.2) is 51.6 Å². The van der Waals surface area contributed by atoms with Crippen molar-refractivity contribution in [3.05, 3.63) is 24.7 Å². The van der Waals surface area contributed by atoms with Crippen LogP contribution in [0, 0.1) is 22.7 Å². The van der Waals surface area contributed by atoms with Crippen LogP contribution >= 0.6 is 0 Å². The van der Waals surface area contributed by atoms with Crippen LogP contribution in [0.3, 0.4) is 0 Å². The zero-order valence-electron chi connectivity index (χ0n) is 15.3. The number of likely N-dealkylation sites (N-methyl/N-ethyl adjacent to an activating group) is 1. The van der Waals surface area contributed by atoms with Crippen molar-refractivity contribution < 1.29 is 4.79 Å². The molecular formula is C19H24N6O. The van der Waals surface area contributed by atoms with Gasteiger partial charge in [-0.05, 0) is 43.7 Å². The third-order valence-corrected chi connectivity index (χ3v) is 6.18. The van der Waals surface area contributed by atoms with Crippen molar-refractivity contribution in [3.63, 3.8) is 0 Å². The standard InChI is InChI=1S/C19H24N6O/c1-14-6-10-24(18(26)19(12-20)7-4-8-19)11-16(14)23(2)17-15-5-3-9-25(15)22-13-21-17/h3,5,9,13-14,16H,4,6-8,10-11H2,1-2H3. The molecule has 1 saturated heterocycles. The fraction of sp³-hybridized carbons (Fsp3) is 0.579. The van der Waals surface area contributed by atoms with E-state index in [4.69, 9.17) is 0 Å². The number of likely N-dealkylation sites (tertiary alicyclic amines) is 1. The van der Waals surface area contributed by atoms with Crippen molar-refractivity contribution in [2.45, 2.75) is 38.6 Å². The molecule has 0 spiro atoms. The molecule has 4 rings (SSSR count). The number of carbonyl (C=O) groups is 1. The van der Waals surface area contributed by atoms with Gasteiger partial charge in [-0.2, -0.15) is 10.4 Å². The Labute approximate surface area is 153 Å². The number of hydrogen-bond donors (Lipinski definition) is 0. The fourth-order valence-electron chi connectivity index (χ4n) is 4.23. The Morgan fingerprint density at radius 1 is 1.46 bits per heavy atom. The Hall–Kier alpha value is -2.62. The van der Waals surface area contributed by atoms with Crippen LogP contribution in [0.25, 0.3) is 5.52 Å². The van der Waals surface area contributed by atoms with Gasteiger partial charge in [-0.1, -0.05) is 6.92 Å². The maximum atomic E-state index is 13.0. The van der Waals surface area contributed by atoms with Crippen molar-refractivity contribution in [1.29, 1.82) is 5.26 Å². The van der Waals surface area contributed by atoms with E-state index in [1.807, 2.05) is 34.8 Å². The fourth-order valence-corrected chi connectivity index (χ4v) is 4.23. The number of amides is 1. The topological polar surface area (TPSA) is 77.5 Å². The molecule has 2 fully saturated rings. The maximum absolute atomic E-state index is 13.0. The monoisotopic (exact) mass is 352 g/mol. The summed E-state index contributed by atoms with van der Waals surface area (Å²) in [4.78, 5) is 21.5. The van der Waals surface area contributed by atoms with Gasteiger partial charge in [0, 0.05) is 26.3 Å². The highest BCUT2D eigenvalue weighted by molar-refractivity contribution is 5.86. The van der Waals surface area contributed by atoms with E-state index in [-0.39, 0.29) is 11.9 Å². The summed E-state index contributed by atoms with van der Waals surface area (Å²) < 4.78 is 1.81. The highest BCUT2D eigenvalue weighted by Crippen LogP contribution is 2.42. The van der Waals surface area contributed by atoms with Gasteiger partial charge in [-0.3, -0.25) is 4.79 Å². The smallest absolute Gasteiger partial charge is 0.243 e. The molecule has 2 aromatic heterocycles. The van der Waals surface area contributed by atoms with Crippen LogP contribution in [0.1, 0.15) is 32.6 Å². The summed E-state index contributed by atoms with van der Waals surface area (Å²) in [5, 5.41) is 13.7. The number of piperidine rings is 1. The Morgan fingerprint density at radius 3 is 2.96 bits per heavy atom. The van der Waals surface area contributed by atoms with Gasteiger partial charge in [0.05, 0.1) is 12.1 Å². The molecule has 7 heteroatoms. The molecule has 0 radical (unpaired) electrons. The summed E-state index contributed by atoms with van der Waals surface area (Å²) in [5.74, 6) is 1.33. The van der Waals surface area contributed by atoms with Crippen molar-refractivity contribution in [3.8, 4) is 6.07 Å². The average molecular weight is 352 g/mol. The van der Waals surface area contributed by atoms with Gasteiger partial charge in [0.1, 0.15) is 17.3 Å². The summed E-state index contributed by atoms with van der Waals surface area (Å²) in [6.45, 7) is 3.60. The first-order chi connectivity index (χ1) is 12.6. The second kappa shape index (κ2) is 6.27. The average Bonchev–Trinajstić information content (AvgIpc) is 3.09. The first kappa shape index (κ1) is 16.8. The van der Waals surface area contributed by atoms with Crippen LogP contribution in [0.4, 0.5) is 5.82 Å². The molecule has 2 unspecified atom stereocenters. The first-order valence-electron chi connectivity index (χ1n) is 9.27. The molecule has 2 aliphatic rings. The summed E-state index contributed by atoms with van der Waals surface area (Å²) >= 11 is 0. The summed E-state index contributed by atoms with van der Waals surface area (Å²) in [5.41, 5.74) is 0.186. The summed E-state index contributed by atoms with van der Waals surface area (Å²) in [6.07, 6.45) is 6.78. The van der Waals surface area contributed by atoms with E-state index in [0.717, 1.165) is 30.7 Å². The van der Waals surface area contributed by atoms with Crippen molar-refractivity contribution in [1.82, 2.24) is 19.5 Å². The van der Waals surface area contributed by atoms with E-state index in [1.54, 1.807) is 6.33 Å². The minimum absolute atomic E-state index is 0.0204. The zero-order valence-corrected chi connectivity index (χ0v) is 15.3. The number of rotatable bonds is 3. The normalized spacial score (nSPS) is 24.7. The number of fused-ring (bicyclic) bond motifs is 1. The predicted molar refractivity (Wildman–Crippen MR) is 97.4 cm³/mol. The maximum Gasteiger partial charge on any atom is 0.243 e. The number of hydrogen-bond acceptors (Lipinski definition) is 5. The number of nitrogens with zero attached hydrogens (tertiary/aromatic N) is 6. The van der Waals surface area contributed by atoms with E-state index in [1.165, 1.54) is 0 Å². The molecule has 26 heavy (non-hydrogen) atoms. The lowest BCUT2D eigenvalue weighted by Crippen LogP contribution is -2.57. The number of anilines is 1. The predicted octanol–water partition coefficient (Wildman–Crippen LogP) is 2.10. The highest BCUT2D eigenvalue weighted by Gasteiger charge is 2.48. The SMILES string of the molecule is CC1CCN(C(=O)C2(C#N)CCC2)CC1N(C)c1ncnn2cccc12. The van der Waals surface area contributed by atoms with E-state index < -0.39 is 5.41 Å². The molecule has 2 aromatic rings. The lowest BCUT2D eigenvalue weighted by atomic mass is 9.68. The second-order valence-corrected chi connectivity index (χ2v) is 7.66. The molecule has 0 aromatic carbocycles. The minimum Gasteiger partial charge on any atom is -0.353 e. The lowest BCUT2D eigenvalue weighted by molar-refractivity contribution is -0.144. The summed E-state index contributed by atoms with van der Waals surface area (Å²) in [7, 11) is 2.04. The van der Waals surface area contributed by atoms with Crippen LogP contribution < -0.4 is 4.90 Å². The Morgan fingerprint density at radius 2 is 2.27 bits per heavy atom. The molecule has 136 valence electrons. The lowest BCUT2D eigenvalue weighted by Gasteiger charge is -2.45. The van der Waals surface area contributed by atoms with Gasteiger partial charge in [0.15, 0.2) is 5.82 Å². The number of nitriles is 1. The molecule has 1 aliphatic carbocycles. The van der Waals surface area contributed by atoms with Crippen molar-refractivity contribution in [2.24, 2.45) is 11.3 Å². The Bertz CT molecular complexity index is 864. The largest absolute Gasteiger partial charge is 0.353 e. The van der Waals surface area contributed by atoms with Crippen LogP contribution in [0.2, 0.25) is 0 Å². The van der Waals surface area contributed by atoms with Crippen LogP contribution in [-0.2, 0) is 4.79 Å². The molecule has 0 bridgehead atoms. The molecular weight excluding hydrogens is 328 g/mol. The van der Waals surface area contributed by atoms with E-state index in [0.29, 0.717) is 25.3 Å². The summed E-state index contributed by atoms with van der Waals surface area (Å²) in [6, 6.07) is 6.41. The molecule has 0 N–H and O–H groups in total. The Kier molecular flexibility index (Phi) is 4.06. The number of carbonyl (C=O) groups excluding carboxylic acids is 1. The van der Waals surface area contributed by atoms with Gasteiger partial charge < -0.3 is 9.80 Å². The number of aromatic nitrogens is 3.